The minimum absolute atomic E-state index is 0.224. The Kier molecular flexibility index (Phi) is 3.11. The maximum atomic E-state index is 10.5. The first-order valence-electron chi connectivity index (χ1n) is 3.67. The van der Waals surface area contributed by atoms with Crippen LogP contribution < -0.4 is 0 Å². The molecule has 0 aliphatic heterocycles. The number of aryl methyl sites for hydroxylation is 1. The van der Waals surface area contributed by atoms with Crippen LogP contribution in [0.2, 0.25) is 0 Å². The lowest BCUT2D eigenvalue weighted by Gasteiger charge is -1.96. The molecule has 0 N–H and O–H groups in total. The van der Waals surface area contributed by atoms with Crippen LogP contribution in [0, 0.1) is 6.92 Å². The maximum Gasteiger partial charge on any atom is 0.209 e. The Hall–Kier alpha value is -1.02. The first-order chi connectivity index (χ1) is 5.70. The molecule has 0 spiro atoms. The summed E-state index contributed by atoms with van der Waals surface area (Å²) in [5.41, 5.74) is 2.21. The predicted octanol–water partition coefficient (Wildman–Crippen LogP) is 2.46. The molecule has 12 heavy (non-hydrogen) atoms. The van der Waals surface area contributed by atoms with Crippen LogP contribution in [-0.2, 0) is 4.79 Å². The number of carbonyl (C=O) groups is 1. The van der Waals surface area contributed by atoms with E-state index < -0.39 is 0 Å². The van der Waals surface area contributed by atoms with Crippen molar-refractivity contribution < 1.29 is 4.79 Å². The molecule has 0 saturated heterocycles. The van der Waals surface area contributed by atoms with Crippen molar-refractivity contribution in [3.63, 3.8) is 0 Å². The molecule has 0 saturated carbocycles. The molecule has 0 aromatic heterocycles. The van der Waals surface area contributed by atoms with Crippen LogP contribution >= 0.6 is 12.6 Å². The average molecular weight is 178 g/mol. The summed E-state index contributed by atoms with van der Waals surface area (Å²) < 4.78 is 0. The van der Waals surface area contributed by atoms with E-state index in [2.05, 4.69) is 12.6 Å². The first kappa shape index (κ1) is 9.07. The minimum Gasteiger partial charge on any atom is -0.283 e. The van der Waals surface area contributed by atoms with Gasteiger partial charge in [-0.25, -0.2) is 0 Å². The summed E-state index contributed by atoms with van der Waals surface area (Å²) >= 11 is 3.64. The number of benzene rings is 1. The molecule has 0 radical (unpaired) electrons. The summed E-state index contributed by atoms with van der Waals surface area (Å²) in [6.07, 6.45) is 3.22. The van der Waals surface area contributed by atoms with E-state index in [1.54, 1.807) is 6.08 Å². The van der Waals surface area contributed by atoms with E-state index in [4.69, 9.17) is 0 Å². The molecule has 1 aromatic rings. The zero-order valence-corrected chi connectivity index (χ0v) is 7.71. The van der Waals surface area contributed by atoms with E-state index in [0.717, 1.165) is 11.1 Å². The van der Waals surface area contributed by atoms with Gasteiger partial charge >= 0.3 is 0 Å². The summed E-state index contributed by atoms with van der Waals surface area (Å²) in [4.78, 5) is 10.5. The minimum atomic E-state index is -0.224. The smallest absolute Gasteiger partial charge is 0.209 e. The molecule has 62 valence electrons. The largest absolute Gasteiger partial charge is 0.283 e. The van der Waals surface area contributed by atoms with Crippen molar-refractivity contribution in [2.75, 3.05) is 0 Å². The van der Waals surface area contributed by atoms with E-state index >= 15 is 0 Å². The van der Waals surface area contributed by atoms with Crippen molar-refractivity contribution in [2.24, 2.45) is 0 Å². The third kappa shape index (κ3) is 2.55. The highest BCUT2D eigenvalue weighted by molar-refractivity contribution is 7.97. The topological polar surface area (TPSA) is 17.1 Å². The normalized spacial score (nSPS) is 10.5. The zero-order valence-electron chi connectivity index (χ0n) is 6.82. The molecule has 0 unspecified atom stereocenters. The number of hydrogen-bond donors (Lipinski definition) is 1. The maximum absolute atomic E-state index is 10.5. The third-order valence-corrected chi connectivity index (χ3v) is 1.74. The van der Waals surface area contributed by atoms with Crippen molar-refractivity contribution in [3.05, 3.63) is 41.5 Å². The van der Waals surface area contributed by atoms with E-state index in [-0.39, 0.29) is 5.12 Å². The van der Waals surface area contributed by atoms with E-state index in [0.29, 0.717) is 0 Å². The number of thiol groups is 1. The van der Waals surface area contributed by atoms with Gasteiger partial charge in [-0.1, -0.05) is 30.3 Å². The highest BCUT2D eigenvalue weighted by Crippen LogP contribution is 2.08. The van der Waals surface area contributed by atoms with E-state index in [1.807, 2.05) is 31.2 Å². The van der Waals surface area contributed by atoms with Gasteiger partial charge in [0.05, 0.1) is 0 Å². The van der Waals surface area contributed by atoms with Gasteiger partial charge in [-0.15, -0.1) is 12.6 Å². The van der Waals surface area contributed by atoms with Crippen LogP contribution in [0.5, 0.6) is 0 Å². The van der Waals surface area contributed by atoms with Crippen molar-refractivity contribution in [1.29, 1.82) is 0 Å². The van der Waals surface area contributed by atoms with Crippen molar-refractivity contribution in [2.45, 2.75) is 6.92 Å². The first-order valence-corrected chi connectivity index (χ1v) is 4.11. The number of carbonyl (C=O) groups excluding carboxylic acids is 1. The van der Waals surface area contributed by atoms with Crippen LogP contribution in [0.4, 0.5) is 0 Å². The van der Waals surface area contributed by atoms with Crippen LogP contribution in [0.15, 0.2) is 30.3 Å². The van der Waals surface area contributed by atoms with Gasteiger partial charge < -0.3 is 0 Å². The molecule has 1 aromatic carbocycles. The Morgan fingerprint density at radius 2 is 2.08 bits per heavy atom. The summed E-state index contributed by atoms with van der Waals surface area (Å²) in [5, 5.41) is -0.224. The zero-order chi connectivity index (χ0) is 8.97. The van der Waals surface area contributed by atoms with Gasteiger partial charge in [0.25, 0.3) is 0 Å². The lowest BCUT2D eigenvalue weighted by atomic mass is 10.1. The Morgan fingerprint density at radius 3 is 2.67 bits per heavy atom. The summed E-state index contributed by atoms with van der Waals surface area (Å²) in [5.74, 6) is 0. The van der Waals surface area contributed by atoms with Gasteiger partial charge in [-0.05, 0) is 24.1 Å². The van der Waals surface area contributed by atoms with Crippen LogP contribution in [0.3, 0.4) is 0 Å². The monoisotopic (exact) mass is 178 g/mol. The molecular formula is C10H10OS. The van der Waals surface area contributed by atoms with Crippen molar-refractivity contribution in [3.8, 4) is 0 Å². The van der Waals surface area contributed by atoms with Crippen LogP contribution in [0.1, 0.15) is 11.1 Å². The molecule has 0 amide bonds. The standard InChI is InChI=1S/C10H10OS/c1-8-4-2-3-5-9(8)6-7-10(11)12/h2-7H,1H3,(H,11,12). The fourth-order valence-electron chi connectivity index (χ4n) is 0.935. The van der Waals surface area contributed by atoms with E-state index in [1.165, 1.54) is 6.08 Å². The molecule has 0 heterocycles. The summed E-state index contributed by atoms with van der Waals surface area (Å²) in [6.45, 7) is 2.00. The number of hydrogen-bond acceptors (Lipinski definition) is 1. The van der Waals surface area contributed by atoms with Crippen molar-refractivity contribution >= 4 is 23.8 Å². The molecule has 0 atom stereocenters. The van der Waals surface area contributed by atoms with Crippen molar-refractivity contribution in [1.82, 2.24) is 0 Å². The lowest BCUT2D eigenvalue weighted by molar-refractivity contribution is -0.106. The highest BCUT2D eigenvalue weighted by atomic mass is 32.1. The Labute approximate surface area is 77.5 Å². The molecule has 2 heteroatoms. The average Bonchev–Trinajstić information content (AvgIpc) is 2.03. The SMILES string of the molecule is Cc1ccccc1C=CC(=O)S. The van der Waals surface area contributed by atoms with Crippen LogP contribution in [0.25, 0.3) is 6.08 Å². The van der Waals surface area contributed by atoms with Gasteiger partial charge in [-0.3, -0.25) is 4.79 Å². The molecule has 0 bridgehead atoms. The molecule has 0 aliphatic carbocycles. The number of rotatable bonds is 2. The van der Waals surface area contributed by atoms with Gasteiger partial charge in [0.15, 0.2) is 0 Å². The molecule has 0 fully saturated rings. The fraction of sp³-hybridized carbons (Fsp3) is 0.100. The summed E-state index contributed by atoms with van der Waals surface area (Å²) in [6, 6.07) is 7.87. The Balaban J connectivity index is 2.89. The van der Waals surface area contributed by atoms with Crippen LogP contribution in [-0.4, -0.2) is 5.12 Å². The molecule has 1 rings (SSSR count). The van der Waals surface area contributed by atoms with Gasteiger partial charge in [0.1, 0.15) is 0 Å². The summed E-state index contributed by atoms with van der Waals surface area (Å²) in [7, 11) is 0. The predicted molar refractivity (Wildman–Crippen MR) is 54.2 cm³/mol. The molecule has 0 aliphatic rings. The highest BCUT2D eigenvalue weighted by Gasteiger charge is 1.91. The van der Waals surface area contributed by atoms with E-state index in [9.17, 15) is 4.79 Å². The Morgan fingerprint density at radius 1 is 1.42 bits per heavy atom. The second kappa shape index (κ2) is 4.12. The second-order valence-corrected chi connectivity index (χ2v) is 2.97. The quantitative estimate of drug-likeness (QED) is 0.544. The fourth-order valence-corrected chi connectivity index (χ4v) is 1.01. The van der Waals surface area contributed by atoms with Gasteiger partial charge in [0.2, 0.25) is 5.12 Å². The lowest BCUT2D eigenvalue weighted by Crippen LogP contribution is -1.80. The molecular weight excluding hydrogens is 168 g/mol. The van der Waals surface area contributed by atoms with Gasteiger partial charge in [0, 0.05) is 0 Å². The third-order valence-electron chi connectivity index (χ3n) is 1.59. The molecule has 1 nitrogen and oxygen atoms in total. The van der Waals surface area contributed by atoms with Gasteiger partial charge in [-0.2, -0.15) is 0 Å². The Bertz CT molecular complexity index is 315. The second-order valence-electron chi connectivity index (χ2n) is 2.53.